The van der Waals surface area contributed by atoms with Crippen molar-refractivity contribution in [3.05, 3.63) is 46.9 Å². The Morgan fingerprint density at radius 3 is 2.30 bits per heavy atom. The van der Waals surface area contributed by atoms with Gasteiger partial charge in [-0.1, -0.05) is 6.07 Å². The Hall–Kier alpha value is -3.66. The van der Waals surface area contributed by atoms with Crippen LogP contribution in [-0.2, 0) is 4.79 Å². The molecule has 33 heavy (non-hydrogen) atoms. The third kappa shape index (κ3) is 6.19. The second-order valence-electron chi connectivity index (χ2n) is 6.56. The molecule has 0 aliphatic rings. The van der Waals surface area contributed by atoms with E-state index >= 15 is 0 Å². The number of carboxylic acids is 1. The second-order valence-corrected chi connectivity index (χ2v) is 7.57. The molecule has 2 aromatic carbocycles. The Morgan fingerprint density at radius 1 is 1.03 bits per heavy atom. The van der Waals surface area contributed by atoms with Gasteiger partial charge in [0.05, 0.1) is 27.4 Å². The van der Waals surface area contributed by atoms with Gasteiger partial charge in [0.1, 0.15) is 16.4 Å². The number of carboxylic acid groups (broad SMARTS) is 1. The van der Waals surface area contributed by atoms with E-state index in [9.17, 15) is 9.90 Å². The molecule has 0 amide bonds. The maximum Gasteiger partial charge on any atom is 0.342 e. The van der Waals surface area contributed by atoms with E-state index in [2.05, 4.69) is 15.2 Å². The van der Waals surface area contributed by atoms with Gasteiger partial charge in [-0.2, -0.15) is 0 Å². The van der Waals surface area contributed by atoms with E-state index in [1.165, 1.54) is 6.08 Å². The van der Waals surface area contributed by atoms with Crippen LogP contribution >= 0.6 is 11.8 Å². The van der Waals surface area contributed by atoms with Gasteiger partial charge in [-0.3, -0.25) is 5.10 Å². The third-order valence-electron chi connectivity index (χ3n) is 4.37. The van der Waals surface area contributed by atoms with Gasteiger partial charge < -0.3 is 24.1 Å². The lowest BCUT2D eigenvalue weighted by atomic mass is 10.2. The van der Waals surface area contributed by atoms with Crippen LogP contribution < -0.4 is 18.9 Å². The summed E-state index contributed by atoms with van der Waals surface area (Å²) in [6, 6.07) is 10.6. The van der Waals surface area contributed by atoms with E-state index in [4.69, 9.17) is 18.9 Å². The number of aliphatic carboxylic acids is 1. The van der Waals surface area contributed by atoms with Gasteiger partial charge in [0.2, 0.25) is 5.16 Å². The molecule has 0 bridgehead atoms. The number of nitrogens with zero attached hydrogens (tertiary/aromatic N) is 2. The molecular weight excluding hydrogens is 446 g/mol. The van der Waals surface area contributed by atoms with Gasteiger partial charge in [-0.15, -0.1) is 5.10 Å². The fourth-order valence-electron chi connectivity index (χ4n) is 2.91. The first-order chi connectivity index (χ1) is 16.0. The molecule has 174 valence electrons. The van der Waals surface area contributed by atoms with E-state index in [1.807, 2.05) is 13.8 Å². The summed E-state index contributed by atoms with van der Waals surface area (Å²) in [6.07, 6.45) is 1.54. The number of nitrogens with one attached hydrogen (secondary N) is 1. The molecule has 0 spiro atoms. The van der Waals surface area contributed by atoms with E-state index in [1.54, 1.807) is 50.6 Å². The molecular formula is C23H25N3O6S. The number of H-pyrrole nitrogens is 1. The summed E-state index contributed by atoms with van der Waals surface area (Å²) in [4.78, 5) is 16.4. The highest BCUT2D eigenvalue weighted by atomic mass is 32.2. The Morgan fingerprint density at radius 2 is 1.70 bits per heavy atom. The summed E-state index contributed by atoms with van der Waals surface area (Å²) in [7, 11) is 3.12. The van der Waals surface area contributed by atoms with Crippen molar-refractivity contribution in [3.63, 3.8) is 0 Å². The van der Waals surface area contributed by atoms with Gasteiger partial charge in [-0.25, -0.2) is 9.78 Å². The quantitative estimate of drug-likeness (QED) is 0.308. The molecule has 0 atom stereocenters. The molecule has 9 nitrogen and oxygen atoms in total. The maximum absolute atomic E-state index is 11.9. The van der Waals surface area contributed by atoms with Crippen molar-refractivity contribution in [2.24, 2.45) is 0 Å². The van der Waals surface area contributed by atoms with Crippen molar-refractivity contribution < 1.29 is 28.8 Å². The van der Waals surface area contributed by atoms with Crippen LogP contribution in [0.5, 0.6) is 23.0 Å². The highest BCUT2D eigenvalue weighted by Gasteiger charge is 2.16. The number of hydrogen-bond donors (Lipinski definition) is 2. The zero-order chi connectivity index (χ0) is 23.8. The van der Waals surface area contributed by atoms with Crippen LogP contribution in [-0.4, -0.2) is 53.7 Å². The molecule has 1 aromatic heterocycles. The molecule has 2 N–H and O–H groups in total. The normalized spacial score (nSPS) is 11.2. The van der Waals surface area contributed by atoms with Crippen molar-refractivity contribution in [2.45, 2.75) is 19.0 Å². The van der Waals surface area contributed by atoms with Crippen LogP contribution in [0.15, 0.2) is 46.5 Å². The van der Waals surface area contributed by atoms with Gasteiger partial charge >= 0.3 is 5.97 Å². The molecule has 0 saturated carbocycles. The first-order valence-electron chi connectivity index (χ1n) is 10.2. The summed E-state index contributed by atoms with van der Waals surface area (Å²) in [5.74, 6) is 1.71. The first kappa shape index (κ1) is 24.0. The number of thioether (sulfide) groups is 1. The molecule has 0 aliphatic heterocycles. The molecule has 0 fully saturated rings. The van der Waals surface area contributed by atoms with Crippen LogP contribution in [0, 0.1) is 0 Å². The molecule has 3 aromatic rings. The summed E-state index contributed by atoms with van der Waals surface area (Å²) in [5, 5.41) is 17.0. The fourth-order valence-corrected chi connectivity index (χ4v) is 3.61. The fraction of sp³-hybridized carbons (Fsp3) is 0.261. The summed E-state index contributed by atoms with van der Waals surface area (Å²) < 4.78 is 21.8. The first-order valence-corrected chi connectivity index (χ1v) is 11.0. The molecule has 0 radical (unpaired) electrons. The smallest absolute Gasteiger partial charge is 0.342 e. The molecule has 10 heteroatoms. The number of rotatable bonds is 11. The minimum Gasteiger partial charge on any atom is -0.497 e. The van der Waals surface area contributed by atoms with Crippen molar-refractivity contribution in [1.82, 2.24) is 15.2 Å². The number of benzene rings is 2. The Kier molecular flexibility index (Phi) is 8.20. The summed E-state index contributed by atoms with van der Waals surface area (Å²) in [6.45, 7) is 4.71. The zero-order valence-corrected chi connectivity index (χ0v) is 19.6. The Labute approximate surface area is 195 Å². The van der Waals surface area contributed by atoms with Crippen molar-refractivity contribution in [3.8, 4) is 34.4 Å². The minimum absolute atomic E-state index is 0.0513. The second kappa shape index (κ2) is 11.3. The maximum atomic E-state index is 11.9. The van der Waals surface area contributed by atoms with Gasteiger partial charge in [0.15, 0.2) is 17.3 Å². The van der Waals surface area contributed by atoms with Crippen molar-refractivity contribution in [2.75, 3.05) is 27.4 Å². The van der Waals surface area contributed by atoms with Crippen LogP contribution in [0.25, 0.3) is 17.5 Å². The van der Waals surface area contributed by atoms with E-state index < -0.39 is 5.97 Å². The Bertz CT molecular complexity index is 1120. The number of hydrogen-bond acceptors (Lipinski definition) is 8. The molecule has 0 aliphatic carbocycles. The molecule has 3 rings (SSSR count). The standard InChI is InChI=1S/C23H25N3O6S/c1-5-31-18-8-7-14(9-19(18)32-6-2)10-20(22(27)28)33-23-24-21(25-26-23)15-11-16(29-3)13-17(12-15)30-4/h7-13H,5-6H2,1-4H3,(H,27,28)(H,24,25,26)/b20-10-. The van der Waals surface area contributed by atoms with Gasteiger partial charge in [0, 0.05) is 11.6 Å². The summed E-state index contributed by atoms with van der Waals surface area (Å²) in [5.41, 5.74) is 1.35. The van der Waals surface area contributed by atoms with Crippen LogP contribution in [0.4, 0.5) is 0 Å². The lowest BCUT2D eigenvalue weighted by Gasteiger charge is -2.11. The lowest BCUT2D eigenvalue weighted by Crippen LogP contribution is -2.00. The van der Waals surface area contributed by atoms with E-state index in [0.29, 0.717) is 53.2 Å². The Balaban J connectivity index is 1.87. The average molecular weight is 472 g/mol. The minimum atomic E-state index is -1.10. The molecule has 0 unspecified atom stereocenters. The number of aromatic nitrogens is 3. The van der Waals surface area contributed by atoms with Crippen LogP contribution in [0.3, 0.4) is 0 Å². The molecule has 0 saturated heterocycles. The summed E-state index contributed by atoms with van der Waals surface area (Å²) >= 11 is 0.934. The van der Waals surface area contributed by atoms with Crippen LogP contribution in [0.1, 0.15) is 19.4 Å². The van der Waals surface area contributed by atoms with Crippen molar-refractivity contribution >= 4 is 23.8 Å². The van der Waals surface area contributed by atoms with Crippen LogP contribution in [0.2, 0.25) is 0 Å². The molecule has 1 heterocycles. The van der Waals surface area contributed by atoms with Crippen molar-refractivity contribution in [1.29, 1.82) is 0 Å². The van der Waals surface area contributed by atoms with Gasteiger partial charge in [0.25, 0.3) is 0 Å². The topological polar surface area (TPSA) is 116 Å². The highest BCUT2D eigenvalue weighted by Crippen LogP contribution is 2.33. The average Bonchev–Trinajstić information content (AvgIpc) is 3.29. The lowest BCUT2D eigenvalue weighted by molar-refractivity contribution is -0.131. The SMILES string of the molecule is CCOc1ccc(/C=C(\Sc2n[nH]c(-c3cc(OC)cc(OC)c3)n2)C(=O)O)cc1OCC. The predicted octanol–water partition coefficient (Wildman–Crippen LogP) is 4.50. The zero-order valence-electron chi connectivity index (χ0n) is 18.7. The number of carbonyl (C=O) groups is 1. The predicted molar refractivity (Wildman–Crippen MR) is 125 cm³/mol. The highest BCUT2D eigenvalue weighted by molar-refractivity contribution is 8.04. The third-order valence-corrected chi connectivity index (χ3v) is 5.24. The monoisotopic (exact) mass is 471 g/mol. The number of aromatic amines is 1. The largest absolute Gasteiger partial charge is 0.497 e. The van der Waals surface area contributed by atoms with Gasteiger partial charge in [-0.05, 0) is 61.5 Å². The van der Waals surface area contributed by atoms with E-state index in [0.717, 1.165) is 11.8 Å². The van der Waals surface area contributed by atoms with E-state index in [-0.39, 0.29) is 10.1 Å². The number of methoxy groups -OCH3 is 2. The number of ether oxygens (including phenoxy) is 4.